The molecule has 1 aliphatic carbocycles. The number of nitrogens with zero attached hydrogens (tertiary/aromatic N) is 2. The molecule has 0 spiro atoms. The lowest BCUT2D eigenvalue weighted by Crippen LogP contribution is -2.17. The van der Waals surface area contributed by atoms with Gasteiger partial charge in [-0.2, -0.15) is 0 Å². The van der Waals surface area contributed by atoms with Crippen LogP contribution in [0.3, 0.4) is 0 Å². The topological polar surface area (TPSA) is 66.9 Å². The molecule has 0 radical (unpaired) electrons. The number of hydrogen-bond donors (Lipinski definition) is 2. The molecular weight excluding hydrogens is 288 g/mol. The van der Waals surface area contributed by atoms with E-state index in [9.17, 15) is 4.79 Å². The molecule has 1 saturated carbocycles. The summed E-state index contributed by atoms with van der Waals surface area (Å²) in [6.07, 6.45) is -1.08. The molecule has 2 aromatic rings. The quantitative estimate of drug-likeness (QED) is 0.851. The molecule has 3 rings (SSSR count). The van der Waals surface area contributed by atoms with E-state index < -0.39 is 24.7 Å². The van der Waals surface area contributed by atoms with Crippen LogP contribution in [0.25, 0.3) is 0 Å². The molecule has 0 aliphatic heterocycles. The third-order valence-corrected chi connectivity index (χ3v) is 3.26. The first-order valence-corrected chi connectivity index (χ1v) is 6.68. The van der Waals surface area contributed by atoms with Crippen molar-refractivity contribution in [3.8, 4) is 0 Å². The third kappa shape index (κ3) is 3.13. The number of aryl methyl sites for hydroxylation is 1. The number of amides is 1. The first kappa shape index (κ1) is 9.73. The standard InChI is InChI=1S/C15H15ClN4O/c1-9-6-8-17-13(16)12(9)20-15(21)11-3-2-7-18-14(11)19-10-4-5-10/h2-3,6-8,10H,4-5H2,1H3,(H,18,19)(H,20,21)/i4D2,5D2. The number of pyridine rings is 2. The molecule has 1 amide bonds. The fraction of sp³-hybridized carbons (Fsp3) is 0.267. The second kappa shape index (κ2) is 5.69. The Balaban J connectivity index is 1.85. The molecular formula is C15H15ClN4O. The summed E-state index contributed by atoms with van der Waals surface area (Å²) >= 11 is 6.01. The van der Waals surface area contributed by atoms with Crippen LogP contribution in [0, 0.1) is 6.92 Å². The van der Waals surface area contributed by atoms with Crippen LogP contribution in [0.15, 0.2) is 30.6 Å². The maximum Gasteiger partial charge on any atom is 0.259 e. The molecule has 0 unspecified atom stereocenters. The Morgan fingerprint density at radius 3 is 2.90 bits per heavy atom. The SMILES string of the molecule is [2H]C1([2H])C(Nc2ncccc2C(=O)Nc2c(C)ccnc2Cl)C1([2H])[2H]. The van der Waals surface area contributed by atoms with E-state index in [1.807, 2.05) is 0 Å². The van der Waals surface area contributed by atoms with E-state index in [4.69, 9.17) is 17.1 Å². The molecule has 2 heterocycles. The zero-order valence-corrected chi connectivity index (χ0v) is 11.9. The van der Waals surface area contributed by atoms with Gasteiger partial charge in [0.1, 0.15) is 5.82 Å². The molecule has 0 aromatic carbocycles. The van der Waals surface area contributed by atoms with E-state index >= 15 is 0 Å². The first-order valence-electron chi connectivity index (χ1n) is 8.30. The largest absolute Gasteiger partial charge is 0.367 e. The maximum atomic E-state index is 12.6. The van der Waals surface area contributed by atoms with Gasteiger partial charge in [-0.1, -0.05) is 11.6 Å². The molecule has 2 N–H and O–H groups in total. The molecule has 5 nitrogen and oxygen atoms in total. The van der Waals surface area contributed by atoms with Crippen molar-refractivity contribution in [2.75, 3.05) is 10.6 Å². The Morgan fingerprint density at radius 1 is 1.38 bits per heavy atom. The molecule has 0 bridgehead atoms. The molecule has 1 fully saturated rings. The van der Waals surface area contributed by atoms with Gasteiger partial charge in [0.25, 0.3) is 5.91 Å². The van der Waals surface area contributed by atoms with Gasteiger partial charge in [0.2, 0.25) is 0 Å². The fourth-order valence-corrected chi connectivity index (χ4v) is 2.06. The summed E-state index contributed by atoms with van der Waals surface area (Å²) in [4.78, 5) is 20.6. The molecule has 0 atom stereocenters. The molecule has 108 valence electrons. The van der Waals surface area contributed by atoms with E-state index in [1.54, 1.807) is 19.1 Å². The van der Waals surface area contributed by atoms with Crippen molar-refractivity contribution in [1.82, 2.24) is 9.97 Å². The summed E-state index contributed by atoms with van der Waals surface area (Å²) in [7, 11) is 0. The van der Waals surface area contributed by atoms with E-state index in [0.717, 1.165) is 5.56 Å². The van der Waals surface area contributed by atoms with Crippen molar-refractivity contribution in [2.45, 2.75) is 25.7 Å². The summed E-state index contributed by atoms with van der Waals surface area (Å²) in [5.41, 5.74) is 1.27. The first-order chi connectivity index (χ1) is 11.7. The van der Waals surface area contributed by atoms with E-state index in [0.29, 0.717) is 5.69 Å². The highest BCUT2D eigenvalue weighted by molar-refractivity contribution is 6.33. The zero-order chi connectivity index (χ0) is 18.4. The Labute approximate surface area is 133 Å². The molecule has 6 heteroatoms. The lowest BCUT2D eigenvalue weighted by Gasteiger charge is -2.12. The van der Waals surface area contributed by atoms with Crippen molar-refractivity contribution in [1.29, 1.82) is 0 Å². The van der Waals surface area contributed by atoms with Crippen LogP contribution in [0.1, 0.15) is 34.2 Å². The Kier molecular flexibility index (Phi) is 2.64. The van der Waals surface area contributed by atoms with Gasteiger partial charge in [0.05, 0.1) is 11.3 Å². The van der Waals surface area contributed by atoms with E-state index in [1.165, 1.54) is 18.5 Å². The summed E-state index contributed by atoms with van der Waals surface area (Å²) in [6.45, 7) is 1.78. The fourth-order valence-electron chi connectivity index (χ4n) is 1.81. The normalized spacial score (nSPS) is 21.4. The smallest absolute Gasteiger partial charge is 0.259 e. The number of nitrogens with one attached hydrogen (secondary N) is 2. The van der Waals surface area contributed by atoms with Gasteiger partial charge in [-0.25, -0.2) is 9.97 Å². The molecule has 2 aromatic heterocycles. The number of halogens is 1. The average Bonchev–Trinajstić information content (AvgIpc) is 2.93. The summed E-state index contributed by atoms with van der Waals surface area (Å²) in [6, 6.07) is 3.70. The Bertz CT molecular complexity index is 812. The summed E-state index contributed by atoms with van der Waals surface area (Å²) < 4.78 is 30.6. The number of carbonyl (C=O) groups excluding carboxylic acids is 1. The van der Waals surface area contributed by atoms with Crippen LogP contribution in [-0.2, 0) is 0 Å². The average molecular weight is 307 g/mol. The van der Waals surface area contributed by atoms with Crippen LogP contribution in [0.2, 0.25) is 5.15 Å². The second-order valence-corrected chi connectivity index (χ2v) is 4.87. The number of aromatic nitrogens is 2. The Morgan fingerprint density at radius 2 is 2.19 bits per heavy atom. The minimum absolute atomic E-state index is 0.105. The van der Waals surface area contributed by atoms with Gasteiger partial charge in [0, 0.05) is 23.9 Å². The van der Waals surface area contributed by atoms with Gasteiger partial charge < -0.3 is 10.6 Å². The van der Waals surface area contributed by atoms with Gasteiger partial charge in [-0.15, -0.1) is 0 Å². The van der Waals surface area contributed by atoms with E-state index in [2.05, 4.69) is 20.6 Å². The van der Waals surface area contributed by atoms with Gasteiger partial charge in [-0.05, 0) is 43.4 Å². The van der Waals surface area contributed by atoms with Crippen LogP contribution < -0.4 is 10.6 Å². The van der Waals surface area contributed by atoms with Crippen LogP contribution in [0.4, 0.5) is 11.5 Å². The number of hydrogen-bond acceptors (Lipinski definition) is 4. The Hall–Kier alpha value is -2.14. The maximum absolute atomic E-state index is 12.6. The highest BCUT2D eigenvalue weighted by Crippen LogP contribution is 2.27. The minimum Gasteiger partial charge on any atom is -0.367 e. The van der Waals surface area contributed by atoms with Crippen LogP contribution in [0.5, 0.6) is 0 Å². The van der Waals surface area contributed by atoms with Crippen molar-refractivity contribution < 1.29 is 10.3 Å². The number of anilines is 2. The minimum atomic E-state index is -2.03. The van der Waals surface area contributed by atoms with Gasteiger partial charge in [-0.3, -0.25) is 4.79 Å². The van der Waals surface area contributed by atoms with E-state index in [-0.39, 0.29) is 16.5 Å². The summed E-state index contributed by atoms with van der Waals surface area (Å²) in [5.74, 6) is -0.400. The monoisotopic (exact) mass is 306 g/mol. The zero-order valence-electron chi connectivity index (χ0n) is 15.1. The second-order valence-electron chi connectivity index (χ2n) is 4.51. The van der Waals surface area contributed by atoms with Gasteiger partial charge >= 0.3 is 0 Å². The molecule has 21 heavy (non-hydrogen) atoms. The van der Waals surface area contributed by atoms with Crippen LogP contribution >= 0.6 is 11.6 Å². The summed E-state index contributed by atoms with van der Waals surface area (Å²) in [5, 5.41) is 5.51. The lowest BCUT2D eigenvalue weighted by atomic mass is 10.2. The van der Waals surface area contributed by atoms with Crippen molar-refractivity contribution in [3.05, 3.63) is 46.9 Å². The number of carbonyl (C=O) groups is 1. The van der Waals surface area contributed by atoms with Crippen molar-refractivity contribution >= 4 is 29.0 Å². The van der Waals surface area contributed by atoms with Crippen molar-refractivity contribution in [2.24, 2.45) is 0 Å². The highest BCUT2D eigenvalue weighted by Gasteiger charge is 2.24. The lowest BCUT2D eigenvalue weighted by molar-refractivity contribution is 0.102. The van der Waals surface area contributed by atoms with Gasteiger partial charge in [0.15, 0.2) is 5.15 Å². The highest BCUT2D eigenvalue weighted by atomic mass is 35.5. The third-order valence-electron chi connectivity index (χ3n) is 2.97. The predicted molar refractivity (Wildman–Crippen MR) is 82.8 cm³/mol. The number of rotatable bonds is 4. The predicted octanol–water partition coefficient (Wildman–Crippen LogP) is 3.27. The van der Waals surface area contributed by atoms with Crippen molar-refractivity contribution in [3.63, 3.8) is 0 Å². The van der Waals surface area contributed by atoms with Crippen LogP contribution in [-0.4, -0.2) is 21.9 Å². The molecule has 1 aliphatic rings. The molecule has 0 saturated heterocycles.